The maximum atomic E-state index is 12.0. The second-order valence-electron chi connectivity index (χ2n) is 4.51. The van der Waals surface area contributed by atoms with Crippen LogP contribution in [-0.2, 0) is 11.3 Å². The van der Waals surface area contributed by atoms with Crippen LogP contribution in [0.3, 0.4) is 0 Å². The number of carbonyl (C=O) groups excluding carboxylic acids is 1. The van der Waals surface area contributed by atoms with Gasteiger partial charge >= 0.3 is 0 Å². The van der Waals surface area contributed by atoms with Crippen molar-refractivity contribution in [2.45, 2.75) is 33.7 Å². The zero-order chi connectivity index (χ0) is 13.4. The monoisotopic (exact) mass is 248 g/mol. The Hall–Kier alpha value is -1.35. The molecule has 0 heterocycles. The molecule has 1 aromatic carbocycles. The molecule has 0 saturated carbocycles. The van der Waals surface area contributed by atoms with Gasteiger partial charge in [-0.25, -0.2) is 0 Å². The summed E-state index contributed by atoms with van der Waals surface area (Å²) in [7, 11) is 0. The van der Waals surface area contributed by atoms with E-state index in [1.165, 1.54) is 11.1 Å². The van der Waals surface area contributed by atoms with Gasteiger partial charge in [-0.1, -0.05) is 31.2 Å². The molecule has 0 radical (unpaired) electrons. The molecule has 3 heteroatoms. The molecule has 18 heavy (non-hydrogen) atoms. The molecule has 100 valence electrons. The van der Waals surface area contributed by atoms with Crippen molar-refractivity contribution >= 4 is 5.91 Å². The second kappa shape index (κ2) is 7.88. The summed E-state index contributed by atoms with van der Waals surface area (Å²) in [5.74, 6) is 0.175. The summed E-state index contributed by atoms with van der Waals surface area (Å²) in [5.41, 5.74) is 2.47. The maximum Gasteiger partial charge on any atom is 0.236 e. The third-order valence-electron chi connectivity index (χ3n) is 3.06. The number of carbonyl (C=O) groups is 1. The number of nitrogens with zero attached hydrogens (tertiary/aromatic N) is 1. The van der Waals surface area contributed by atoms with E-state index in [1.54, 1.807) is 0 Å². The highest BCUT2D eigenvalue weighted by molar-refractivity contribution is 5.78. The fourth-order valence-corrected chi connectivity index (χ4v) is 1.85. The summed E-state index contributed by atoms with van der Waals surface area (Å²) in [6.45, 7) is 9.00. The van der Waals surface area contributed by atoms with Crippen molar-refractivity contribution < 1.29 is 4.79 Å². The molecule has 1 aromatic rings. The van der Waals surface area contributed by atoms with E-state index in [2.05, 4.69) is 31.3 Å². The Morgan fingerprint density at radius 3 is 2.61 bits per heavy atom. The topological polar surface area (TPSA) is 32.3 Å². The first-order valence-corrected chi connectivity index (χ1v) is 6.72. The normalized spacial score (nSPS) is 10.4. The Bertz CT molecular complexity index is 377. The van der Waals surface area contributed by atoms with Gasteiger partial charge in [0.15, 0.2) is 0 Å². The Balaban J connectivity index is 2.56. The predicted molar refractivity (Wildman–Crippen MR) is 75.4 cm³/mol. The number of aryl methyl sites for hydroxylation is 1. The summed E-state index contributed by atoms with van der Waals surface area (Å²) >= 11 is 0. The van der Waals surface area contributed by atoms with Crippen LogP contribution in [0.25, 0.3) is 0 Å². The van der Waals surface area contributed by atoms with Gasteiger partial charge in [0.1, 0.15) is 0 Å². The van der Waals surface area contributed by atoms with Crippen molar-refractivity contribution in [2.75, 3.05) is 19.6 Å². The minimum absolute atomic E-state index is 0.175. The minimum atomic E-state index is 0.175. The molecule has 0 aliphatic heterocycles. The lowest BCUT2D eigenvalue weighted by Crippen LogP contribution is -2.38. The van der Waals surface area contributed by atoms with Crippen molar-refractivity contribution in [3.05, 3.63) is 35.4 Å². The summed E-state index contributed by atoms with van der Waals surface area (Å²) in [5, 5.41) is 3.16. The molecule has 0 bridgehead atoms. The highest BCUT2D eigenvalue weighted by atomic mass is 16.2. The Morgan fingerprint density at radius 1 is 1.28 bits per heavy atom. The summed E-state index contributed by atoms with van der Waals surface area (Å²) in [4.78, 5) is 13.9. The van der Waals surface area contributed by atoms with Crippen LogP contribution in [0.1, 0.15) is 31.4 Å². The predicted octanol–water partition coefficient (Wildman–Crippen LogP) is 2.34. The quantitative estimate of drug-likeness (QED) is 0.751. The van der Waals surface area contributed by atoms with Gasteiger partial charge in [-0.3, -0.25) is 4.79 Å². The van der Waals surface area contributed by atoms with Crippen molar-refractivity contribution in [1.82, 2.24) is 10.2 Å². The Morgan fingerprint density at radius 2 is 2.00 bits per heavy atom. The van der Waals surface area contributed by atoms with Crippen LogP contribution in [0, 0.1) is 6.92 Å². The highest BCUT2D eigenvalue weighted by Gasteiger charge is 2.12. The molecule has 0 atom stereocenters. The third-order valence-corrected chi connectivity index (χ3v) is 3.06. The molecule has 0 fully saturated rings. The average molecular weight is 248 g/mol. The van der Waals surface area contributed by atoms with E-state index < -0.39 is 0 Å². The maximum absolute atomic E-state index is 12.0. The van der Waals surface area contributed by atoms with Gasteiger partial charge in [0.25, 0.3) is 0 Å². The zero-order valence-electron chi connectivity index (χ0n) is 11.7. The van der Waals surface area contributed by atoms with Gasteiger partial charge in [-0.05, 0) is 37.9 Å². The number of nitrogens with one attached hydrogen (secondary N) is 1. The van der Waals surface area contributed by atoms with Crippen molar-refractivity contribution in [3.8, 4) is 0 Å². The van der Waals surface area contributed by atoms with E-state index in [0.717, 1.165) is 19.5 Å². The molecular formula is C15H24N2O. The van der Waals surface area contributed by atoms with E-state index in [0.29, 0.717) is 13.1 Å². The highest BCUT2D eigenvalue weighted by Crippen LogP contribution is 2.10. The minimum Gasteiger partial charge on any atom is -0.338 e. The summed E-state index contributed by atoms with van der Waals surface area (Å²) in [6, 6.07) is 8.23. The van der Waals surface area contributed by atoms with E-state index >= 15 is 0 Å². The van der Waals surface area contributed by atoms with Gasteiger partial charge in [0.05, 0.1) is 6.54 Å². The van der Waals surface area contributed by atoms with E-state index in [4.69, 9.17) is 0 Å². The van der Waals surface area contributed by atoms with Crippen LogP contribution < -0.4 is 5.32 Å². The average Bonchev–Trinajstić information content (AvgIpc) is 2.38. The van der Waals surface area contributed by atoms with Crippen LogP contribution in [0.5, 0.6) is 0 Å². The van der Waals surface area contributed by atoms with Gasteiger partial charge in [-0.15, -0.1) is 0 Å². The van der Waals surface area contributed by atoms with Gasteiger partial charge < -0.3 is 10.2 Å². The third kappa shape index (κ3) is 4.49. The van der Waals surface area contributed by atoms with E-state index in [1.807, 2.05) is 24.0 Å². The fourth-order valence-electron chi connectivity index (χ4n) is 1.85. The Kier molecular flexibility index (Phi) is 6.44. The molecule has 1 N–H and O–H groups in total. The number of hydrogen-bond donors (Lipinski definition) is 1. The molecule has 0 aliphatic carbocycles. The van der Waals surface area contributed by atoms with E-state index in [-0.39, 0.29) is 5.91 Å². The largest absolute Gasteiger partial charge is 0.338 e. The van der Waals surface area contributed by atoms with Crippen LogP contribution in [0.15, 0.2) is 24.3 Å². The summed E-state index contributed by atoms with van der Waals surface area (Å²) < 4.78 is 0. The number of hydrogen-bond acceptors (Lipinski definition) is 2. The van der Waals surface area contributed by atoms with E-state index in [9.17, 15) is 4.79 Å². The van der Waals surface area contributed by atoms with Crippen LogP contribution >= 0.6 is 0 Å². The lowest BCUT2D eigenvalue weighted by atomic mass is 10.1. The molecule has 0 spiro atoms. The molecule has 0 saturated heterocycles. The van der Waals surface area contributed by atoms with Crippen LogP contribution in [-0.4, -0.2) is 30.4 Å². The molecule has 1 amide bonds. The molecule has 0 unspecified atom stereocenters. The second-order valence-corrected chi connectivity index (χ2v) is 4.51. The van der Waals surface area contributed by atoms with Crippen molar-refractivity contribution in [2.24, 2.45) is 0 Å². The molecule has 1 rings (SSSR count). The smallest absolute Gasteiger partial charge is 0.236 e. The van der Waals surface area contributed by atoms with Crippen LogP contribution in [0.2, 0.25) is 0 Å². The fraction of sp³-hybridized carbons (Fsp3) is 0.533. The number of amides is 1. The van der Waals surface area contributed by atoms with Crippen LogP contribution in [0.4, 0.5) is 0 Å². The molecule has 0 aromatic heterocycles. The lowest BCUT2D eigenvalue weighted by Gasteiger charge is -2.22. The van der Waals surface area contributed by atoms with Crippen molar-refractivity contribution in [3.63, 3.8) is 0 Å². The lowest BCUT2D eigenvalue weighted by molar-refractivity contribution is -0.130. The number of likely N-dealkylation sites (N-methyl/N-ethyl adjacent to an activating group) is 1. The number of rotatable bonds is 7. The number of benzene rings is 1. The van der Waals surface area contributed by atoms with Gasteiger partial charge in [0, 0.05) is 13.1 Å². The summed E-state index contributed by atoms with van der Waals surface area (Å²) in [6.07, 6.45) is 1.05. The Labute approximate surface area is 110 Å². The first-order valence-electron chi connectivity index (χ1n) is 6.72. The zero-order valence-corrected chi connectivity index (χ0v) is 11.7. The molecular weight excluding hydrogens is 224 g/mol. The molecule has 0 aliphatic rings. The SMILES string of the molecule is CCCNCC(=O)N(CC)Cc1ccccc1C. The first kappa shape index (κ1) is 14.7. The van der Waals surface area contributed by atoms with Gasteiger partial charge in [0.2, 0.25) is 5.91 Å². The van der Waals surface area contributed by atoms with Gasteiger partial charge in [-0.2, -0.15) is 0 Å². The standard InChI is InChI=1S/C15H24N2O/c1-4-10-16-11-15(18)17(5-2)12-14-9-7-6-8-13(14)3/h6-9,16H,4-5,10-12H2,1-3H3. The first-order chi connectivity index (χ1) is 8.69. The molecule has 3 nitrogen and oxygen atoms in total. The van der Waals surface area contributed by atoms with Crippen molar-refractivity contribution in [1.29, 1.82) is 0 Å².